The number of ether oxygens (including phenoxy) is 2. The molecule has 0 saturated carbocycles. The molecule has 5 N–H and O–H groups in total. The molecule has 7 nitrogen and oxygen atoms in total. The van der Waals surface area contributed by atoms with E-state index >= 15 is 0 Å². The Balaban J connectivity index is 2.26. The summed E-state index contributed by atoms with van der Waals surface area (Å²) < 4.78 is 11.3. The fourth-order valence-electron chi connectivity index (χ4n) is 3.25. The third-order valence-corrected chi connectivity index (χ3v) is 5.08. The molecular weight excluding hydrogens is 392 g/mol. The number of carbonyl (C=O) groups is 1. The minimum Gasteiger partial charge on any atom is -0.493 e. The van der Waals surface area contributed by atoms with Crippen LogP contribution in [-0.2, 0) is 11.3 Å². The Morgan fingerprint density at radius 2 is 1.68 bits per heavy atom. The Bertz CT molecular complexity index is 646. The van der Waals surface area contributed by atoms with E-state index in [2.05, 4.69) is 17.2 Å². The van der Waals surface area contributed by atoms with E-state index in [9.17, 15) is 4.79 Å². The van der Waals surface area contributed by atoms with Crippen LogP contribution in [0.5, 0.6) is 11.5 Å². The lowest BCUT2D eigenvalue weighted by Crippen LogP contribution is -2.22. The molecule has 1 aromatic carbocycles. The number of amides is 1. The summed E-state index contributed by atoms with van der Waals surface area (Å²) in [5.41, 5.74) is 11.6. The average molecular weight is 435 g/mol. The molecule has 1 aromatic rings. The van der Waals surface area contributed by atoms with Crippen molar-refractivity contribution in [2.24, 2.45) is 16.5 Å². The molecule has 0 heterocycles. The molecular formula is C24H42N4O3. The zero-order valence-corrected chi connectivity index (χ0v) is 19.5. The van der Waals surface area contributed by atoms with E-state index in [-0.39, 0.29) is 11.9 Å². The smallest absolute Gasteiger partial charge is 0.220 e. The summed E-state index contributed by atoms with van der Waals surface area (Å²) in [5.74, 6) is 1.67. The lowest BCUT2D eigenvalue weighted by molar-refractivity contribution is -0.121. The van der Waals surface area contributed by atoms with Crippen LogP contribution < -0.4 is 26.3 Å². The second-order valence-electron chi connectivity index (χ2n) is 7.85. The first kappa shape index (κ1) is 26.6. The highest BCUT2D eigenvalue weighted by atomic mass is 16.5. The largest absolute Gasteiger partial charge is 0.493 e. The lowest BCUT2D eigenvalue weighted by Gasteiger charge is -2.13. The molecule has 0 aliphatic heterocycles. The van der Waals surface area contributed by atoms with Gasteiger partial charge in [-0.15, -0.1) is 0 Å². The van der Waals surface area contributed by atoms with Crippen LogP contribution in [0.25, 0.3) is 0 Å². The number of guanidine groups is 1. The Morgan fingerprint density at radius 1 is 0.968 bits per heavy atom. The summed E-state index contributed by atoms with van der Waals surface area (Å²) in [6, 6.07) is 5.81. The van der Waals surface area contributed by atoms with Crippen LogP contribution in [0.4, 0.5) is 0 Å². The van der Waals surface area contributed by atoms with Crippen molar-refractivity contribution >= 4 is 11.9 Å². The number of hydrogen-bond acceptors (Lipinski definition) is 4. The molecule has 7 heteroatoms. The number of nitrogens with two attached hydrogens (primary N) is 2. The molecule has 0 aliphatic rings. The number of carbonyl (C=O) groups excluding carboxylic acids is 1. The molecule has 0 saturated heterocycles. The number of hydrogen-bond donors (Lipinski definition) is 3. The van der Waals surface area contributed by atoms with Crippen LogP contribution in [0.1, 0.15) is 83.1 Å². The molecule has 0 unspecified atom stereocenters. The van der Waals surface area contributed by atoms with Gasteiger partial charge in [-0.25, -0.2) is 0 Å². The van der Waals surface area contributed by atoms with Crippen LogP contribution in [0.2, 0.25) is 0 Å². The highest BCUT2D eigenvalue weighted by Crippen LogP contribution is 2.28. The van der Waals surface area contributed by atoms with Crippen molar-refractivity contribution in [3.05, 3.63) is 23.8 Å². The summed E-state index contributed by atoms with van der Waals surface area (Å²) in [5, 5.41) is 3.00. The first-order valence-electron chi connectivity index (χ1n) is 11.7. The van der Waals surface area contributed by atoms with E-state index < -0.39 is 0 Å². The fraction of sp³-hybridized carbons (Fsp3) is 0.667. The molecule has 0 bridgehead atoms. The molecule has 0 fully saturated rings. The molecule has 0 spiro atoms. The van der Waals surface area contributed by atoms with Crippen molar-refractivity contribution in [3.8, 4) is 11.5 Å². The number of rotatable bonds is 18. The van der Waals surface area contributed by atoms with Gasteiger partial charge in [0.2, 0.25) is 5.91 Å². The summed E-state index contributed by atoms with van der Waals surface area (Å²) in [6.45, 7) is 4.02. The minimum atomic E-state index is 0.106. The van der Waals surface area contributed by atoms with Crippen LogP contribution in [0.15, 0.2) is 23.2 Å². The molecule has 31 heavy (non-hydrogen) atoms. The zero-order chi connectivity index (χ0) is 22.7. The standard InChI is InChI=1S/C24H42N4O3/c1-3-4-5-6-7-10-13-23(29)28-19-20-14-15-21(22(18-20)30-2)31-17-12-9-8-11-16-27-24(25)26/h14-15,18H,3-13,16-17,19H2,1-2H3,(H,28,29)(H4,25,26,27). The molecule has 1 amide bonds. The Kier molecular flexibility index (Phi) is 14.8. The maximum absolute atomic E-state index is 12.0. The van der Waals surface area contributed by atoms with Gasteiger partial charge in [0.1, 0.15) is 0 Å². The van der Waals surface area contributed by atoms with E-state index in [1.165, 1.54) is 25.7 Å². The van der Waals surface area contributed by atoms with Crippen molar-refractivity contribution in [2.45, 2.75) is 84.1 Å². The lowest BCUT2D eigenvalue weighted by atomic mass is 10.1. The van der Waals surface area contributed by atoms with Gasteiger partial charge in [-0.2, -0.15) is 0 Å². The predicted molar refractivity (Wildman–Crippen MR) is 127 cm³/mol. The molecule has 0 radical (unpaired) electrons. The van der Waals surface area contributed by atoms with Crippen molar-refractivity contribution in [3.63, 3.8) is 0 Å². The van der Waals surface area contributed by atoms with Gasteiger partial charge >= 0.3 is 0 Å². The Morgan fingerprint density at radius 3 is 2.42 bits per heavy atom. The minimum absolute atomic E-state index is 0.106. The highest BCUT2D eigenvalue weighted by Gasteiger charge is 2.07. The summed E-state index contributed by atoms with van der Waals surface area (Å²) in [7, 11) is 1.63. The number of methoxy groups -OCH3 is 1. The first-order chi connectivity index (χ1) is 15.1. The van der Waals surface area contributed by atoms with Gasteiger partial charge in [0.15, 0.2) is 17.5 Å². The molecule has 0 atom stereocenters. The van der Waals surface area contributed by atoms with Crippen molar-refractivity contribution in [1.82, 2.24) is 5.32 Å². The van der Waals surface area contributed by atoms with E-state index in [4.69, 9.17) is 20.9 Å². The maximum atomic E-state index is 12.0. The summed E-state index contributed by atoms with van der Waals surface area (Å²) in [4.78, 5) is 16.0. The van der Waals surface area contributed by atoms with Gasteiger partial charge < -0.3 is 26.3 Å². The molecule has 1 rings (SSSR count). The molecule has 0 aromatic heterocycles. The SMILES string of the molecule is CCCCCCCCC(=O)NCc1ccc(OCCCCCCN=C(N)N)c(OC)c1. The van der Waals surface area contributed by atoms with Crippen molar-refractivity contribution < 1.29 is 14.3 Å². The molecule has 0 aliphatic carbocycles. The Hall–Kier alpha value is -2.44. The van der Waals surface area contributed by atoms with Crippen LogP contribution >= 0.6 is 0 Å². The third kappa shape index (κ3) is 13.5. The quantitative estimate of drug-likeness (QED) is 0.181. The van der Waals surface area contributed by atoms with E-state index in [0.717, 1.165) is 49.8 Å². The number of nitrogens with one attached hydrogen (secondary N) is 1. The zero-order valence-electron chi connectivity index (χ0n) is 19.5. The summed E-state index contributed by atoms with van der Waals surface area (Å²) in [6.07, 6.45) is 11.8. The number of aliphatic imine (C=N–C) groups is 1. The summed E-state index contributed by atoms with van der Waals surface area (Å²) >= 11 is 0. The van der Waals surface area contributed by atoms with Gasteiger partial charge in [-0.05, 0) is 43.4 Å². The van der Waals surface area contributed by atoms with Crippen LogP contribution in [0, 0.1) is 0 Å². The average Bonchev–Trinajstić information content (AvgIpc) is 2.76. The van der Waals surface area contributed by atoms with Gasteiger partial charge in [0.05, 0.1) is 13.7 Å². The van der Waals surface area contributed by atoms with Crippen molar-refractivity contribution in [1.29, 1.82) is 0 Å². The second kappa shape index (κ2) is 17.3. The number of unbranched alkanes of at least 4 members (excludes halogenated alkanes) is 8. The first-order valence-corrected chi connectivity index (χ1v) is 11.7. The number of nitrogens with zero attached hydrogens (tertiary/aromatic N) is 1. The van der Waals surface area contributed by atoms with E-state index in [1.54, 1.807) is 7.11 Å². The van der Waals surface area contributed by atoms with Crippen LogP contribution in [0.3, 0.4) is 0 Å². The van der Waals surface area contributed by atoms with Gasteiger partial charge in [-0.3, -0.25) is 9.79 Å². The molecule has 176 valence electrons. The topological polar surface area (TPSA) is 112 Å². The van der Waals surface area contributed by atoms with Gasteiger partial charge in [-0.1, -0.05) is 51.5 Å². The second-order valence-corrected chi connectivity index (χ2v) is 7.85. The van der Waals surface area contributed by atoms with Gasteiger partial charge in [0.25, 0.3) is 0 Å². The highest BCUT2D eigenvalue weighted by molar-refractivity contribution is 5.76. The number of benzene rings is 1. The third-order valence-electron chi connectivity index (χ3n) is 5.08. The maximum Gasteiger partial charge on any atom is 0.220 e. The Labute approximate surface area is 188 Å². The normalized spacial score (nSPS) is 10.5. The monoisotopic (exact) mass is 434 g/mol. The van der Waals surface area contributed by atoms with Gasteiger partial charge in [0, 0.05) is 19.5 Å². The van der Waals surface area contributed by atoms with Crippen molar-refractivity contribution in [2.75, 3.05) is 20.3 Å². The van der Waals surface area contributed by atoms with E-state index in [1.807, 2.05) is 18.2 Å². The fourth-order valence-corrected chi connectivity index (χ4v) is 3.25. The van der Waals surface area contributed by atoms with Crippen LogP contribution in [-0.4, -0.2) is 32.1 Å². The van der Waals surface area contributed by atoms with E-state index in [0.29, 0.717) is 31.9 Å². The predicted octanol–water partition coefficient (Wildman–Crippen LogP) is 4.27.